The number of aromatic nitrogens is 1. The summed E-state index contributed by atoms with van der Waals surface area (Å²) in [4.78, 5) is 7.38. The number of fused-ring (bicyclic) bond motifs is 1. The van der Waals surface area contributed by atoms with Gasteiger partial charge in [-0.25, -0.2) is 4.98 Å². The Morgan fingerprint density at radius 1 is 1.33 bits per heavy atom. The zero-order chi connectivity index (χ0) is 15.0. The maximum absolute atomic E-state index is 6.04. The van der Waals surface area contributed by atoms with Crippen LogP contribution in [-0.2, 0) is 6.42 Å². The third-order valence-electron chi connectivity index (χ3n) is 4.30. The monoisotopic (exact) mass is 283 g/mol. The first-order valence-electron chi connectivity index (χ1n) is 7.84. The van der Waals surface area contributed by atoms with Crippen LogP contribution in [0.4, 0.5) is 5.82 Å². The molecule has 0 bridgehead atoms. The Labute approximate surface area is 127 Å². The largest absolute Gasteiger partial charge is 0.356 e. The fourth-order valence-electron chi connectivity index (χ4n) is 3.21. The van der Waals surface area contributed by atoms with Gasteiger partial charge in [-0.3, -0.25) is 0 Å². The molecule has 2 aromatic rings. The summed E-state index contributed by atoms with van der Waals surface area (Å²) >= 11 is 0. The summed E-state index contributed by atoms with van der Waals surface area (Å²) in [6, 6.07) is 10.8. The molecule has 1 fully saturated rings. The summed E-state index contributed by atoms with van der Waals surface area (Å²) in [6.45, 7) is 8.89. The molecule has 1 unspecified atom stereocenters. The van der Waals surface area contributed by atoms with E-state index in [-0.39, 0.29) is 6.04 Å². The summed E-state index contributed by atoms with van der Waals surface area (Å²) in [5.41, 5.74) is 8.77. The lowest BCUT2D eigenvalue weighted by Crippen LogP contribution is -2.26. The van der Waals surface area contributed by atoms with Crippen molar-refractivity contribution in [2.75, 3.05) is 18.0 Å². The molecule has 0 aliphatic carbocycles. The van der Waals surface area contributed by atoms with E-state index in [0.717, 1.165) is 30.8 Å². The molecule has 0 radical (unpaired) electrons. The minimum atomic E-state index is 0.155. The molecular formula is C18H25N3. The van der Waals surface area contributed by atoms with Gasteiger partial charge in [0.1, 0.15) is 5.82 Å². The number of anilines is 1. The molecule has 2 heterocycles. The number of hydrogen-bond donors (Lipinski definition) is 1. The van der Waals surface area contributed by atoms with Gasteiger partial charge in [-0.05, 0) is 42.9 Å². The van der Waals surface area contributed by atoms with Crippen LogP contribution in [-0.4, -0.2) is 24.1 Å². The fraction of sp³-hybridized carbons (Fsp3) is 0.500. The fourth-order valence-corrected chi connectivity index (χ4v) is 3.21. The molecule has 3 nitrogen and oxygen atoms in total. The van der Waals surface area contributed by atoms with E-state index < -0.39 is 0 Å². The highest BCUT2D eigenvalue weighted by Crippen LogP contribution is 2.34. The van der Waals surface area contributed by atoms with Gasteiger partial charge >= 0.3 is 0 Å². The van der Waals surface area contributed by atoms with Crippen LogP contribution in [0, 0.1) is 5.41 Å². The SMILES string of the molecule is CC(N)Cc1cc2ccccc2nc1N1CCC(C)(C)C1. The Bertz CT molecular complexity index is 646. The van der Waals surface area contributed by atoms with Crippen LogP contribution < -0.4 is 10.6 Å². The minimum Gasteiger partial charge on any atom is -0.356 e. The van der Waals surface area contributed by atoms with E-state index >= 15 is 0 Å². The molecular weight excluding hydrogens is 258 g/mol. The predicted octanol–water partition coefficient (Wildman–Crippen LogP) is 3.36. The average molecular weight is 283 g/mol. The normalized spacial score (nSPS) is 19.1. The van der Waals surface area contributed by atoms with Crippen LogP contribution >= 0.6 is 0 Å². The zero-order valence-corrected chi connectivity index (χ0v) is 13.3. The zero-order valence-electron chi connectivity index (χ0n) is 13.3. The molecule has 3 rings (SSSR count). The molecule has 3 heteroatoms. The van der Waals surface area contributed by atoms with Crippen molar-refractivity contribution in [1.29, 1.82) is 0 Å². The van der Waals surface area contributed by atoms with Crippen LogP contribution in [0.3, 0.4) is 0 Å². The van der Waals surface area contributed by atoms with E-state index in [2.05, 4.69) is 56.0 Å². The van der Waals surface area contributed by atoms with E-state index in [9.17, 15) is 0 Å². The highest BCUT2D eigenvalue weighted by Gasteiger charge is 2.31. The smallest absolute Gasteiger partial charge is 0.132 e. The number of rotatable bonds is 3. The number of benzene rings is 1. The second-order valence-electron chi connectivity index (χ2n) is 7.18. The van der Waals surface area contributed by atoms with Crippen molar-refractivity contribution < 1.29 is 0 Å². The van der Waals surface area contributed by atoms with Gasteiger partial charge in [-0.1, -0.05) is 32.0 Å². The highest BCUT2D eigenvalue weighted by atomic mass is 15.2. The van der Waals surface area contributed by atoms with Crippen LogP contribution in [0.1, 0.15) is 32.8 Å². The van der Waals surface area contributed by atoms with Crippen molar-refractivity contribution in [1.82, 2.24) is 4.98 Å². The van der Waals surface area contributed by atoms with E-state index in [4.69, 9.17) is 10.7 Å². The maximum Gasteiger partial charge on any atom is 0.132 e. The molecule has 0 spiro atoms. The molecule has 1 aromatic carbocycles. The van der Waals surface area contributed by atoms with E-state index in [1.165, 1.54) is 17.4 Å². The second-order valence-corrected chi connectivity index (χ2v) is 7.18. The third kappa shape index (κ3) is 3.03. The van der Waals surface area contributed by atoms with Crippen LogP contribution in [0.5, 0.6) is 0 Å². The number of nitrogens with zero attached hydrogens (tertiary/aromatic N) is 2. The van der Waals surface area contributed by atoms with Gasteiger partial charge in [0.2, 0.25) is 0 Å². The Balaban J connectivity index is 2.06. The lowest BCUT2D eigenvalue weighted by molar-refractivity contribution is 0.418. The highest BCUT2D eigenvalue weighted by molar-refractivity contribution is 5.82. The van der Waals surface area contributed by atoms with Gasteiger partial charge in [0.05, 0.1) is 5.52 Å². The first-order valence-corrected chi connectivity index (χ1v) is 7.84. The Hall–Kier alpha value is -1.61. The molecule has 112 valence electrons. The summed E-state index contributed by atoms with van der Waals surface area (Å²) in [5, 5.41) is 1.20. The molecule has 1 atom stereocenters. The van der Waals surface area contributed by atoms with E-state index in [1.54, 1.807) is 0 Å². The molecule has 1 aromatic heterocycles. The molecule has 1 aliphatic rings. The summed E-state index contributed by atoms with van der Waals surface area (Å²) in [6.07, 6.45) is 2.10. The molecule has 2 N–H and O–H groups in total. The standard InChI is InChI=1S/C18H25N3/c1-13(19)10-15-11-14-6-4-5-7-16(14)20-17(15)21-9-8-18(2,3)12-21/h4-7,11,13H,8-10,12,19H2,1-3H3. The van der Waals surface area contributed by atoms with Crippen molar-refractivity contribution >= 4 is 16.7 Å². The van der Waals surface area contributed by atoms with Crippen molar-refractivity contribution in [3.63, 3.8) is 0 Å². The third-order valence-corrected chi connectivity index (χ3v) is 4.30. The maximum atomic E-state index is 6.04. The van der Waals surface area contributed by atoms with Crippen molar-refractivity contribution in [3.8, 4) is 0 Å². The lowest BCUT2D eigenvalue weighted by Gasteiger charge is -2.24. The number of nitrogens with two attached hydrogens (primary N) is 1. The molecule has 21 heavy (non-hydrogen) atoms. The average Bonchev–Trinajstić information content (AvgIpc) is 2.77. The van der Waals surface area contributed by atoms with Gasteiger partial charge in [0, 0.05) is 24.5 Å². The van der Waals surface area contributed by atoms with Gasteiger partial charge < -0.3 is 10.6 Å². The summed E-state index contributed by atoms with van der Waals surface area (Å²) < 4.78 is 0. The van der Waals surface area contributed by atoms with E-state index in [1.807, 2.05) is 0 Å². The van der Waals surface area contributed by atoms with Crippen molar-refractivity contribution in [2.24, 2.45) is 11.1 Å². The number of hydrogen-bond acceptors (Lipinski definition) is 3. The first-order chi connectivity index (χ1) is 9.94. The van der Waals surface area contributed by atoms with Gasteiger partial charge in [-0.2, -0.15) is 0 Å². The second kappa shape index (κ2) is 5.30. The summed E-state index contributed by atoms with van der Waals surface area (Å²) in [7, 11) is 0. The first kappa shape index (κ1) is 14.3. The van der Waals surface area contributed by atoms with Crippen molar-refractivity contribution in [2.45, 2.75) is 39.7 Å². The van der Waals surface area contributed by atoms with Crippen LogP contribution in [0.2, 0.25) is 0 Å². The lowest BCUT2D eigenvalue weighted by atomic mass is 9.93. The quantitative estimate of drug-likeness (QED) is 0.939. The number of pyridine rings is 1. The van der Waals surface area contributed by atoms with Gasteiger partial charge in [-0.15, -0.1) is 0 Å². The Morgan fingerprint density at radius 2 is 2.10 bits per heavy atom. The number of para-hydroxylation sites is 1. The van der Waals surface area contributed by atoms with Crippen LogP contribution in [0.25, 0.3) is 10.9 Å². The molecule has 1 aliphatic heterocycles. The predicted molar refractivity (Wildman–Crippen MR) is 89.7 cm³/mol. The van der Waals surface area contributed by atoms with Crippen LogP contribution in [0.15, 0.2) is 30.3 Å². The molecule has 0 amide bonds. The van der Waals surface area contributed by atoms with Gasteiger partial charge in [0.25, 0.3) is 0 Å². The molecule has 0 saturated carbocycles. The minimum absolute atomic E-state index is 0.155. The topological polar surface area (TPSA) is 42.1 Å². The Kier molecular flexibility index (Phi) is 3.62. The molecule has 1 saturated heterocycles. The van der Waals surface area contributed by atoms with E-state index in [0.29, 0.717) is 5.41 Å². The van der Waals surface area contributed by atoms with Gasteiger partial charge in [0.15, 0.2) is 0 Å². The van der Waals surface area contributed by atoms with Crippen molar-refractivity contribution in [3.05, 3.63) is 35.9 Å². The summed E-state index contributed by atoms with van der Waals surface area (Å²) in [5.74, 6) is 1.14. The Morgan fingerprint density at radius 3 is 2.76 bits per heavy atom.